The highest BCUT2D eigenvalue weighted by molar-refractivity contribution is 5.95. The molecule has 2 aromatic heterocycles. The van der Waals surface area contributed by atoms with E-state index in [0.29, 0.717) is 17.1 Å². The van der Waals surface area contributed by atoms with Crippen molar-refractivity contribution in [1.82, 2.24) is 9.88 Å². The van der Waals surface area contributed by atoms with E-state index in [1.807, 2.05) is 42.1 Å². The summed E-state index contributed by atoms with van der Waals surface area (Å²) in [6, 6.07) is 9.58. The summed E-state index contributed by atoms with van der Waals surface area (Å²) >= 11 is 0. The van der Waals surface area contributed by atoms with Gasteiger partial charge in [0.15, 0.2) is 0 Å². The van der Waals surface area contributed by atoms with E-state index in [1.165, 1.54) is 0 Å². The second-order valence-electron chi connectivity index (χ2n) is 5.77. The van der Waals surface area contributed by atoms with Crippen molar-refractivity contribution in [2.75, 3.05) is 6.54 Å². The molecule has 0 saturated heterocycles. The normalized spacial score (nSPS) is 12.5. The fourth-order valence-electron chi connectivity index (χ4n) is 2.89. The van der Waals surface area contributed by atoms with E-state index in [9.17, 15) is 9.90 Å². The number of aliphatic hydroxyl groups excluding tert-OH is 1. The lowest BCUT2D eigenvalue weighted by Gasteiger charge is -2.11. The number of carbonyl (C=O) groups excluding carboxylic acids is 1. The predicted molar refractivity (Wildman–Crippen MR) is 88.4 cm³/mol. The molecular weight excluding hydrogens is 292 g/mol. The molecule has 0 fully saturated rings. The highest BCUT2D eigenvalue weighted by Crippen LogP contribution is 2.25. The van der Waals surface area contributed by atoms with Crippen LogP contribution in [0.1, 0.15) is 33.5 Å². The molecule has 0 aliphatic carbocycles. The SMILES string of the molecule is Cc1cc(C(=O)NC[C@H](O)c2cn(C)c3ccccc23)c(C)o1. The Balaban J connectivity index is 1.75. The number of furan rings is 1. The Kier molecular flexibility index (Phi) is 3.96. The number of benzene rings is 1. The van der Waals surface area contributed by atoms with E-state index >= 15 is 0 Å². The molecule has 5 heteroatoms. The Morgan fingerprint density at radius 1 is 1.35 bits per heavy atom. The minimum absolute atomic E-state index is 0.149. The van der Waals surface area contributed by atoms with Crippen molar-refractivity contribution < 1.29 is 14.3 Å². The highest BCUT2D eigenvalue weighted by atomic mass is 16.3. The van der Waals surface area contributed by atoms with Gasteiger partial charge in [0, 0.05) is 36.3 Å². The van der Waals surface area contributed by atoms with E-state index < -0.39 is 6.10 Å². The average Bonchev–Trinajstić information content (AvgIpc) is 3.05. The summed E-state index contributed by atoms with van der Waals surface area (Å²) in [5, 5.41) is 14.2. The van der Waals surface area contributed by atoms with Gasteiger partial charge in [0.1, 0.15) is 11.5 Å². The molecule has 3 aromatic rings. The van der Waals surface area contributed by atoms with Crippen molar-refractivity contribution in [2.24, 2.45) is 7.05 Å². The number of aromatic nitrogens is 1. The lowest BCUT2D eigenvalue weighted by atomic mass is 10.1. The number of hydrogen-bond acceptors (Lipinski definition) is 3. The minimum Gasteiger partial charge on any atom is -0.466 e. The van der Waals surface area contributed by atoms with Crippen molar-refractivity contribution in [1.29, 1.82) is 0 Å². The van der Waals surface area contributed by atoms with Gasteiger partial charge >= 0.3 is 0 Å². The maximum atomic E-state index is 12.2. The molecule has 0 aliphatic rings. The molecular formula is C18H20N2O3. The predicted octanol–water partition coefficient (Wildman–Crippen LogP) is 2.85. The smallest absolute Gasteiger partial charge is 0.254 e. The van der Waals surface area contributed by atoms with Gasteiger partial charge in [-0.25, -0.2) is 0 Å². The quantitative estimate of drug-likeness (QED) is 0.778. The summed E-state index contributed by atoms with van der Waals surface area (Å²) in [6.07, 6.45) is 1.13. The number of para-hydroxylation sites is 1. The fraction of sp³-hybridized carbons (Fsp3) is 0.278. The van der Waals surface area contributed by atoms with Crippen LogP contribution in [0.4, 0.5) is 0 Å². The molecule has 2 N–H and O–H groups in total. The first-order valence-corrected chi connectivity index (χ1v) is 7.54. The molecule has 2 heterocycles. The lowest BCUT2D eigenvalue weighted by molar-refractivity contribution is 0.0915. The van der Waals surface area contributed by atoms with Crippen LogP contribution in [-0.4, -0.2) is 22.1 Å². The van der Waals surface area contributed by atoms with Gasteiger partial charge in [-0.3, -0.25) is 4.79 Å². The summed E-state index contributed by atoms with van der Waals surface area (Å²) in [6.45, 7) is 3.70. The molecule has 0 unspecified atom stereocenters. The zero-order chi connectivity index (χ0) is 16.6. The monoisotopic (exact) mass is 312 g/mol. The number of carbonyl (C=O) groups is 1. The fourth-order valence-corrected chi connectivity index (χ4v) is 2.89. The molecule has 0 saturated carbocycles. The highest BCUT2D eigenvalue weighted by Gasteiger charge is 2.18. The van der Waals surface area contributed by atoms with Gasteiger partial charge in [-0.1, -0.05) is 18.2 Å². The van der Waals surface area contributed by atoms with Crippen LogP contribution < -0.4 is 5.32 Å². The van der Waals surface area contributed by atoms with Crippen molar-refractivity contribution in [3.8, 4) is 0 Å². The molecule has 0 radical (unpaired) electrons. The van der Waals surface area contributed by atoms with Gasteiger partial charge < -0.3 is 19.4 Å². The van der Waals surface area contributed by atoms with Crippen LogP contribution in [0, 0.1) is 13.8 Å². The second kappa shape index (κ2) is 5.93. The Morgan fingerprint density at radius 3 is 2.78 bits per heavy atom. The molecule has 120 valence electrons. The summed E-state index contributed by atoms with van der Waals surface area (Å²) in [5.74, 6) is 1.04. The average molecular weight is 312 g/mol. The first-order valence-electron chi connectivity index (χ1n) is 7.54. The van der Waals surface area contributed by atoms with Crippen LogP contribution >= 0.6 is 0 Å². The van der Waals surface area contributed by atoms with E-state index in [2.05, 4.69) is 5.32 Å². The number of aryl methyl sites for hydroxylation is 3. The summed E-state index contributed by atoms with van der Waals surface area (Å²) in [5.41, 5.74) is 2.37. The first kappa shape index (κ1) is 15.4. The third kappa shape index (κ3) is 2.87. The Hall–Kier alpha value is -2.53. The molecule has 1 atom stereocenters. The third-order valence-electron chi connectivity index (χ3n) is 4.03. The van der Waals surface area contributed by atoms with Crippen molar-refractivity contribution in [2.45, 2.75) is 20.0 Å². The largest absolute Gasteiger partial charge is 0.466 e. The van der Waals surface area contributed by atoms with E-state index in [1.54, 1.807) is 19.9 Å². The third-order valence-corrected chi connectivity index (χ3v) is 4.03. The zero-order valence-corrected chi connectivity index (χ0v) is 13.5. The first-order chi connectivity index (χ1) is 11.0. The van der Waals surface area contributed by atoms with Crippen LogP contribution in [0.5, 0.6) is 0 Å². The molecule has 1 amide bonds. The molecule has 23 heavy (non-hydrogen) atoms. The van der Waals surface area contributed by atoms with Crippen LogP contribution in [0.2, 0.25) is 0 Å². The number of hydrogen-bond donors (Lipinski definition) is 2. The van der Waals surface area contributed by atoms with Crippen LogP contribution in [0.3, 0.4) is 0 Å². The van der Waals surface area contributed by atoms with Crippen LogP contribution in [-0.2, 0) is 7.05 Å². The number of aliphatic hydroxyl groups is 1. The Labute approximate surface area is 134 Å². The van der Waals surface area contributed by atoms with E-state index in [0.717, 1.165) is 16.5 Å². The van der Waals surface area contributed by atoms with Crippen molar-refractivity contribution in [3.63, 3.8) is 0 Å². The topological polar surface area (TPSA) is 67.4 Å². The van der Waals surface area contributed by atoms with Crippen molar-refractivity contribution in [3.05, 3.63) is 59.2 Å². The standard InChI is InChI=1S/C18H20N2O3/c1-11-8-14(12(2)23-11)18(22)19-9-17(21)15-10-20(3)16-7-5-4-6-13(15)16/h4-8,10,17,21H,9H2,1-3H3,(H,19,22)/t17-/m0/s1. The molecule has 0 bridgehead atoms. The Morgan fingerprint density at radius 2 is 2.09 bits per heavy atom. The maximum absolute atomic E-state index is 12.2. The number of fused-ring (bicyclic) bond motifs is 1. The van der Waals surface area contributed by atoms with Crippen LogP contribution in [0.25, 0.3) is 10.9 Å². The minimum atomic E-state index is -0.765. The maximum Gasteiger partial charge on any atom is 0.254 e. The summed E-state index contributed by atoms with van der Waals surface area (Å²) in [7, 11) is 1.94. The van der Waals surface area contributed by atoms with Crippen LogP contribution in [0.15, 0.2) is 40.9 Å². The van der Waals surface area contributed by atoms with Gasteiger partial charge in [-0.15, -0.1) is 0 Å². The molecule has 5 nitrogen and oxygen atoms in total. The molecule has 3 rings (SSSR count). The van der Waals surface area contributed by atoms with Gasteiger partial charge in [0.2, 0.25) is 0 Å². The molecule has 0 spiro atoms. The van der Waals surface area contributed by atoms with Gasteiger partial charge in [0.05, 0.1) is 11.7 Å². The van der Waals surface area contributed by atoms with Gasteiger partial charge in [-0.05, 0) is 26.0 Å². The van der Waals surface area contributed by atoms with E-state index in [-0.39, 0.29) is 12.5 Å². The van der Waals surface area contributed by atoms with E-state index in [4.69, 9.17) is 4.42 Å². The number of nitrogens with one attached hydrogen (secondary N) is 1. The molecule has 1 aromatic carbocycles. The van der Waals surface area contributed by atoms with Gasteiger partial charge in [0.25, 0.3) is 5.91 Å². The van der Waals surface area contributed by atoms with Crippen molar-refractivity contribution >= 4 is 16.8 Å². The number of nitrogens with zero attached hydrogens (tertiary/aromatic N) is 1. The lowest BCUT2D eigenvalue weighted by Crippen LogP contribution is -2.28. The number of amides is 1. The Bertz CT molecular complexity index is 860. The van der Waals surface area contributed by atoms with Gasteiger partial charge in [-0.2, -0.15) is 0 Å². The zero-order valence-electron chi connectivity index (χ0n) is 13.5. The summed E-state index contributed by atoms with van der Waals surface area (Å²) in [4.78, 5) is 12.2. The number of rotatable bonds is 4. The second-order valence-corrected chi connectivity index (χ2v) is 5.77. The summed E-state index contributed by atoms with van der Waals surface area (Å²) < 4.78 is 7.33. The molecule has 0 aliphatic heterocycles.